The lowest BCUT2D eigenvalue weighted by Crippen LogP contribution is -2.38. The third-order valence-corrected chi connectivity index (χ3v) is 6.96. The first-order valence-electron chi connectivity index (χ1n) is 7.81. The fourth-order valence-corrected chi connectivity index (χ4v) is 5.32. The number of benzene rings is 1. The van der Waals surface area contributed by atoms with Gasteiger partial charge in [-0.15, -0.1) is 12.4 Å². The number of nitrogens with two attached hydrogens (primary N) is 1. The van der Waals surface area contributed by atoms with Gasteiger partial charge in [0.1, 0.15) is 0 Å². The highest BCUT2D eigenvalue weighted by Crippen LogP contribution is 2.38. The summed E-state index contributed by atoms with van der Waals surface area (Å²) in [7, 11) is -3.72. The number of hydrogen-bond acceptors (Lipinski definition) is 5. The van der Waals surface area contributed by atoms with Gasteiger partial charge in [0.15, 0.2) is 0 Å². The number of hydrogen-bond donors (Lipinski definition) is 1. The number of aryl methyl sites for hydroxylation is 1. The Kier molecular flexibility index (Phi) is 5.54. The standard InChI is InChI=1S/C15H21N3O4S.ClH/c1-10-5-6-12(7-15(10)18(19)20)23(21,22)17-8-11-3-2-4-14(16)13(11)9-17;/h5-7,11,13-14H,2-4,8-9,16H2,1H3;1H. The molecule has 1 aliphatic carbocycles. The molecule has 2 N–H and O–H groups in total. The van der Waals surface area contributed by atoms with E-state index in [1.54, 1.807) is 6.92 Å². The van der Waals surface area contributed by atoms with Crippen LogP contribution in [-0.4, -0.2) is 36.8 Å². The minimum atomic E-state index is -3.72. The number of sulfonamides is 1. The summed E-state index contributed by atoms with van der Waals surface area (Å²) >= 11 is 0. The van der Waals surface area contributed by atoms with Crippen LogP contribution in [0.5, 0.6) is 0 Å². The number of rotatable bonds is 3. The van der Waals surface area contributed by atoms with Gasteiger partial charge >= 0.3 is 0 Å². The topological polar surface area (TPSA) is 107 Å². The summed E-state index contributed by atoms with van der Waals surface area (Å²) in [5, 5.41) is 11.1. The fourth-order valence-electron chi connectivity index (χ4n) is 3.77. The predicted molar refractivity (Wildman–Crippen MR) is 92.6 cm³/mol. The second-order valence-corrected chi connectivity index (χ2v) is 8.48. The molecular formula is C15H22ClN3O4S. The van der Waals surface area contributed by atoms with Crippen LogP contribution in [0.3, 0.4) is 0 Å². The molecule has 2 aliphatic rings. The van der Waals surface area contributed by atoms with Crippen molar-refractivity contribution < 1.29 is 13.3 Å². The second-order valence-electron chi connectivity index (χ2n) is 6.55. The maximum absolute atomic E-state index is 12.8. The Bertz CT molecular complexity index is 740. The van der Waals surface area contributed by atoms with Crippen molar-refractivity contribution in [3.63, 3.8) is 0 Å². The van der Waals surface area contributed by atoms with Gasteiger partial charge in [-0.25, -0.2) is 8.42 Å². The van der Waals surface area contributed by atoms with E-state index in [4.69, 9.17) is 5.73 Å². The van der Waals surface area contributed by atoms with Gasteiger partial charge in [-0.3, -0.25) is 10.1 Å². The van der Waals surface area contributed by atoms with Gasteiger partial charge in [0, 0.05) is 30.8 Å². The molecule has 1 saturated heterocycles. The van der Waals surface area contributed by atoms with Gasteiger partial charge in [-0.05, 0) is 37.7 Å². The Morgan fingerprint density at radius 1 is 1.29 bits per heavy atom. The van der Waals surface area contributed by atoms with E-state index in [-0.39, 0.29) is 34.9 Å². The van der Waals surface area contributed by atoms with Crippen LogP contribution in [0.25, 0.3) is 0 Å². The SMILES string of the molecule is Cc1ccc(S(=O)(=O)N2CC3CCCC(N)C3C2)cc1[N+](=O)[O-].Cl. The minimum Gasteiger partial charge on any atom is -0.327 e. The average molecular weight is 376 g/mol. The normalized spacial score (nSPS) is 27.3. The van der Waals surface area contributed by atoms with Crippen molar-refractivity contribution in [1.82, 2.24) is 4.31 Å². The first-order chi connectivity index (χ1) is 10.8. The van der Waals surface area contributed by atoms with Crippen molar-refractivity contribution in [2.45, 2.75) is 37.1 Å². The van der Waals surface area contributed by atoms with Crippen LogP contribution >= 0.6 is 12.4 Å². The summed E-state index contributed by atoms with van der Waals surface area (Å²) in [6, 6.07) is 4.13. The Labute approximate surface area is 147 Å². The Morgan fingerprint density at radius 3 is 2.62 bits per heavy atom. The summed E-state index contributed by atoms with van der Waals surface area (Å²) in [6.45, 7) is 2.47. The molecular weight excluding hydrogens is 354 g/mol. The summed E-state index contributed by atoms with van der Waals surface area (Å²) < 4.78 is 27.1. The second kappa shape index (κ2) is 6.95. The molecule has 1 saturated carbocycles. The molecule has 7 nitrogen and oxygen atoms in total. The highest BCUT2D eigenvalue weighted by atomic mass is 35.5. The lowest BCUT2D eigenvalue weighted by atomic mass is 9.78. The molecule has 3 rings (SSSR count). The molecule has 24 heavy (non-hydrogen) atoms. The van der Waals surface area contributed by atoms with Crippen LogP contribution in [0.2, 0.25) is 0 Å². The number of nitro benzene ring substituents is 1. The maximum atomic E-state index is 12.8. The summed E-state index contributed by atoms with van der Waals surface area (Å²) in [5.74, 6) is 0.493. The predicted octanol–water partition coefficient (Wildman–Crippen LogP) is 2.07. The van der Waals surface area contributed by atoms with Crippen molar-refractivity contribution in [1.29, 1.82) is 0 Å². The molecule has 0 spiro atoms. The highest BCUT2D eigenvalue weighted by molar-refractivity contribution is 7.89. The smallest absolute Gasteiger partial charge is 0.273 e. The Balaban J connectivity index is 0.00000208. The molecule has 1 aromatic rings. The van der Waals surface area contributed by atoms with Gasteiger partial charge in [-0.2, -0.15) is 4.31 Å². The molecule has 0 aromatic heterocycles. The van der Waals surface area contributed by atoms with E-state index in [0.29, 0.717) is 24.6 Å². The monoisotopic (exact) mass is 375 g/mol. The van der Waals surface area contributed by atoms with E-state index in [0.717, 1.165) is 25.3 Å². The molecule has 0 bridgehead atoms. The third kappa shape index (κ3) is 3.28. The molecule has 134 valence electrons. The molecule has 3 unspecified atom stereocenters. The van der Waals surface area contributed by atoms with Crippen LogP contribution in [0.1, 0.15) is 24.8 Å². The van der Waals surface area contributed by atoms with E-state index < -0.39 is 14.9 Å². The van der Waals surface area contributed by atoms with Crippen LogP contribution in [-0.2, 0) is 10.0 Å². The van der Waals surface area contributed by atoms with Crippen LogP contribution < -0.4 is 5.73 Å². The third-order valence-electron chi connectivity index (χ3n) is 5.14. The number of nitrogens with zero attached hydrogens (tertiary/aromatic N) is 2. The van der Waals surface area contributed by atoms with E-state index in [1.165, 1.54) is 16.4 Å². The zero-order valence-electron chi connectivity index (χ0n) is 13.4. The van der Waals surface area contributed by atoms with E-state index in [1.807, 2.05) is 0 Å². The Hall–Kier alpha value is -1.22. The van der Waals surface area contributed by atoms with Crippen LogP contribution in [0.15, 0.2) is 23.1 Å². The molecule has 2 fully saturated rings. The van der Waals surface area contributed by atoms with Gasteiger partial charge in [0.25, 0.3) is 5.69 Å². The molecule has 1 aromatic carbocycles. The molecule has 0 amide bonds. The summed E-state index contributed by atoms with van der Waals surface area (Å²) in [4.78, 5) is 10.5. The highest BCUT2D eigenvalue weighted by Gasteiger charge is 2.43. The van der Waals surface area contributed by atoms with Crippen molar-refractivity contribution in [2.24, 2.45) is 17.6 Å². The number of halogens is 1. The van der Waals surface area contributed by atoms with Gasteiger partial charge in [0.2, 0.25) is 10.0 Å². The zero-order chi connectivity index (χ0) is 16.8. The number of fused-ring (bicyclic) bond motifs is 1. The van der Waals surface area contributed by atoms with E-state index in [9.17, 15) is 18.5 Å². The first kappa shape index (κ1) is 19.1. The summed E-state index contributed by atoms with van der Waals surface area (Å²) in [5.41, 5.74) is 6.42. The Morgan fingerprint density at radius 2 is 2.00 bits per heavy atom. The quantitative estimate of drug-likeness (QED) is 0.642. The van der Waals surface area contributed by atoms with Crippen LogP contribution in [0.4, 0.5) is 5.69 Å². The van der Waals surface area contributed by atoms with E-state index >= 15 is 0 Å². The molecule has 3 atom stereocenters. The molecule has 1 heterocycles. The van der Waals surface area contributed by atoms with Crippen molar-refractivity contribution >= 4 is 28.1 Å². The number of nitro groups is 1. The maximum Gasteiger partial charge on any atom is 0.273 e. The van der Waals surface area contributed by atoms with Crippen molar-refractivity contribution in [2.75, 3.05) is 13.1 Å². The van der Waals surface area contributed by atoms with Gasteiger partial charge < -0.3 is 5.73 Å². The van der Waals surface area contributed by atoms with Crippen molar-refractivity contribution in [3.8, 4) is 0 Å². The van der Waals surface area contributed by atoms with Gasteiger partial charge in [0.05, 0.1) is 9.82 Å². The summed E-state index contributed by atoms with van der Waals surface area (Å²) in [6.07, 6.45) is 2.97. The lowest BCUT2D eigenvalue weighted by molar-refractivity contribution is -0.385. The zero-order valence-corrected chi connectivity index (χ0v) is 15.1. The average Bonchev–Trinajstić information content (AvgIpc) is 2.93. The molecule has 1 aliphatic heterocycles. The fraction of sp³-hybridized carbons (Fsp3) is 0.600. The molecule has 0 radical (unpaired) electrons. The minimum absolute atomic E-state index is 0. The van der Waals surface area contributed by atoms with E-state index in [2.05, 4.69) is 0 Å². The van der Waals surface area contributed by atoms with Crippen LogP contribution in [0, 0.1) is 28.9 Å². The van der Waals surface area contributed by atoms with Crippen molar-refractivity contribution in [3.05, 3.63) is 33.9 Å². The first-order valence-corrected chi connectivity index (χ1v) is 9.25. The largest absolute Gasteiger partial charge is 0.327 e. The lowest BCUT2D eigenvalue weighted by Gasteiger charge is -2.29. The van der Waals surface area contributed by atoms with Gasteiger partial charge in [-0.1, -0.05) is 12.5 Å². The molecule has 9 heteroatoms.